The Hall–Kier alpha value is -3.02. The van der Waals surface area contributed by atoms with Gasteiger partial charge in [0.1, 0.15) is 11.1 Å². The molecular weight excluding hydrogens is 400 g/mol. The summed E-state index contributed by atoms with van der Waals surface area (Å²) >= 11 is 6.36. The normalized spacial score (nSPS) is 15.7. The van der Waals surface area contributed by atoms with Gasteiger partial charge in [0, 0.05) is 16.9 Å². The minimum absolute atomic E-state index is 0.0144. The van der Waals surface area contributed by atoms with Crippen LogP contribution in [-0.4, -0.2) is 5.11 Å². The first-order valence-corrected chi connectivity index (χ1v) is 10.5. The predicted molar refractivity (Wildman–Crippen MR) is 120 cm³/mol. The van der Waals surface area contributed by atoms with Gasteiger partial charge in [0.25, 0.3) is 0 Å². The molecule has 5 rings (SSSR count). The summed E-state index contributed by atoms with van der Waals surface area (Å²) in [7, 11) is 0. The lowest BCUT2D eigenvalue weighted by Gasteiger charge is -2.26. The SMILES string of the molecule is O=c1oc2c(c3cc(=S)sc(O)c13)C(c1ccccc1)CC(c1ccccc1)=C2. The number of fused-ring (bicyclic) bond motifs is 3. The zero-order valence-electron chi connectivity index (χ0n) is 15.3. The first kappa shape index (κ1) is 18.0. The van der Waals surface area contributed by atoms with Crippen molar-refractivity contribution >= 4 is 46.0 Å². The van der Waals surface area contributed by atoms with E-state index in [-0.39, 0.29) is 16.4 Å². The summed E-state index contributed by atoms with van der Waals surface area (Å²) in [6.07, 6.45) is 2.71. The van der Waals surface area contributed by atoms with Gasteiger partial charge >= 0.3 is 5.63 Å². The molecule has 0 aliphatic heterocycles. The second-order valence-corrected chi connectivity index (χ2v) is 8.76. The Morgan fingerprint density at radius 3 is 2.45 bits per heavy atom. The maximum absolute atomic E-state index is 12.7. The number of rotatable bonds is 2. The Morgan fingerprint density at radius 1 is 1.03 bits per heavy atom. The van der Waals surface area contributed by atoms with Gasteiger partial charge in [-0.15, -0.1) is 0 Å². The van der Waals surface area contributed by atoms with Crippen LogP contribution in [0, 0.1) is 3.82 Å². The standard InChI is InChI=1S/C24H16O3S2/c25-23-22-18(13-20(28)29-24(22)26)21-17(15-9-5-2-6-10-15)11-16(12-19(21)27-23)14-7-3-1-4-8-14/h1-10,12-13,17,26H,11H2. The fourth-order valence-electron chi connectivity index (χ4n) is 4.06. The number of benzene rings is 2. The van der Waals surface area contributed by atoms with E-state index in [1.54, 1.807) is 0 Å². The van der Waals surface area contributed by atoms with Crippen molar-refractivity contribution in [3.8, 4) is 5.06 Å². The Balaban J connectivity index is 1.86. The first-order chi connectivity index (χ1) is 14.1. The molecule has 142 valence electrons. The second kappa shape index (κ2) is 7.10. The molecule has 0 fully saturated rings. The predicted octanol–water partition coefficient (Wildman–Crippen LogP) is 6.37. The van der Waals surface area contributed by atoms with Crippen LogP contribution in [0.5, 0.6) is 5.06 Å². The Morgan fingerprint density at radius 2 is 1.72 bits per heavy atom. The van der Waals surface area contributed by atoms with Crippen LogP contribution in [0.15, 0.2) is 75.9 Å². The van der Waals surface area contributed by atoms with E-state index in [9.17, 15) is 9.90 Å². The fraction of sp³-hybridized carbons (Fsp3) is 0.0833. The van der Waals surface area contributed by atoms with Gasteiger partial charge in [-0.1, -0.05) is 84.2 Å². The number of aromatic hydroxyl groups is 1. The third kappa shape index (κ3) is 3.12. The molecule has 2 aromatic carbocycles. The largest absolute Gasteiger partial charge is 0.499 e. The van der Waals surface area contributed by atoms with E-state index < -0.39 is 5.63 Å². The van der Waals surface area contributed by atoms with Crippen LogP contribution in [0.3, 0.4) is 0 Å². The summed E-state index contributed by atoms with van der Waals surface area (Å²) in [6.45, 7) is 0. The molecular formula is C24H16O3S2. The molecule has 1 unspecified atom stereocenters. The van der Waals surface area contributed by atoms with Crippen molar-refractivity contribution in [1.82, 2.24) is 0 Å². The number of hydrogen-bond donors (Lipinski definition) is 1. The van der Waals surface area contributed by atoms with Crippen molar-refractivity contribution in [2.45, 2.75) is 12.3 Å². The monoisotopic (exact) mass is 416 g/mol. The van der Waals surface area contributed by atoms with Crippen molar-refractivity contribution in [2.75, 3.05) is 0 Å². The second-order valence-electron chi connectivity index (χ2n) is 7.03. The Bertz CT molecular complexity index is 1370. The Labute approximate surface area is 176 Å². The molecule has 0 bridgehead atoms. The molecule has 1 aliphatic carbocycles. The van der Waals surface area contributed by atoms with Crippen molar-refractivity contribution in [1.29, 1.82) is 0 Å². The van der Waals surface area contributed by atoms with E-state index >= 15 is 0 Å². The van der Waals surface area contributed by atoms with Crippen LogP contribution in [-0.2, 0) is 0 Å². The molecule has 5 heteroatoms. The van der Waals surface area contributed by atoms with E-state index in [2.05, 4.69) is 24.3 Å². The van der Waals surface area contributed by atoms with Crippen LogP contribution >= 0.6 is 23.6 Å². The first-order valence-electron chi connectivity index (χ1n) is 9.26. The molecule has 4 aromatic rings. The van der Waals surface area contributed by atoms with Gasteiger partial charge in [0.15, 0.2) is 5.06 Å². The molecule has 1 N–H and O–H groups in total. The van der Waals surface area contributed by atoms with E-state index in [4.69, 9.17) is 16.6 Å². The molecule has 2 aromatic heterocycles. The van der Waals surface area contributed by atoms with Gasteiger partial charge in [-0.3, -0.25) is 0 Å². The van der Waals surface area contributed by atoms with Crippen molar-refractivity contribution in [3.05, 3.63) is 103 Å². The minimum atomic E-state index is -0.542. The lowest BCUT2D eigenvalue weighted by atomic mass is 9.78. The molecule has 0 saturated carbocycles. The van der Waals surface area contributed by atoms with Crippen LogP contribution in [0.2, 0.25) is 0 Å². The molecule has 0 spiro atoms. The van der Waals surface area contributed by atoms with Gasteiger partial charge in [0.2, 0.25) is 0 Å². The zero-order chi connectivity index (χ0) is 20.0. The van der Waals surface area contributed by atoms with E-state index in [1.165, 1.54) is 0 Å². The van der Waals surface area contributed by atoms with E-state index in [0.717, 1.165) is 40.0 Å². The summed E-state index contributed by atoms with van der Waals surface area (Å²) in [5.41, 5.74) is 3.70. The summed E-state index contributed by atoms with van der Waals surface area (Å²) in [5, 5.41) is 11.2. The summed E-state index contributed by atoms with van der Waals surface area (Å²) < 4.78 is 6.25. The molecule has 0 radical (unpaired) electrons. The average Bonchev–Trinajstić information content (AvgIpc) is 2.73. The van der Waals surface area contributed by atoms with Gasteiger partial charge in [0.05, 0.1) is 3.82 Å². The molecule has 3 nitrogen and oxygen atoms in total. The lowest BCUT2D eigenvalue weighted by molar-refractivity contribution is 0.478. The van der Waals surface area contributed by atoms with E-state index in [0.29, 0.717) is 15.0 Å². The van der Waals surface area contributed by atoms with Gasteiger partial charge in [-0.05, 0) is 35.3 Å². The smallest absolute Gasteiger partial charge is 0.348 e. The third-order valence-corrected chi connectivity index (χ3v) is 6.41. The highest BCUT2D eigenvalue weighted by molar-refractivity contribution is 7.73. The zero-order valence-corrected chi connectivity index (χ0v) is 16.9. The third-order valence-electron chi connectivity index (χ3n) is 5.33. The van der Waals surface area contributed by atoms with E-state index in [1.807, 2.05) is 48.5 Å². The molecule has 0 saturated heterocycles. The maximum atomic E-state index is 12.7. The van der Waals surface area contributed by atoms with Gasteiger partial charge in [-0.2, -0.15) is 0 Å². The Kier molecular flexibility index (Phi) is 4.42. The molecule has 1 atom stereocenters. The van der Waals surface area contributed by atoms with Crippen LogP contribution in [0.1, 0.15) is 34.8 Å². The molecule has 2 heterocycles. The van der Waals surface area contributed by atoms with Gasteiger partial charge < -0.3 is 9.52 Å². The average molecular weight is 417 g/mol. The fourth-order valence-corrected chi connectivity index (χ4v) is 5.08. The highest BCUT2D eigenvalue weighted by Crippen LogP contribution is 2.45. The highest BCUT2D eigenvalue weighted by atomic mass is 32.1. The lowest BCUT2D eigenvalue weighted by Crippen LogP contribution is -2.13. The van der Waals surface area contributed by atoms with Crippen molar-refractivity contribution < 1.29 is 9.52 Å². The molecule has 0 amide bonds. The minimum Gasteiger partial charge on any atom is -0.499 e. The highest BCUT2D eigenvalue weighted by Gasteiger charge is 2.29. The molecule has 1 aliphatic rings. The summed E-state index contributed by atoms with van der Waals surface area (Å²) in [5.74, 6) is 0.519. The van der Waals surface area contributed by atoms with Crippen LogP contribution in [0.4, 0.5) is 0 Å². The van der Waals surface area contributed by atoms with Crippen molar-refractivity contribution in [3.63, 3.8) is 0 Å². The molecule has 29 heavy (non-hydrogen) atoms. The topological polar surface area (TPSA) is 50.4 Å². The van der Waals surface area contributed by atoms with Crippen LogP contribution in [0.25, 0.3) is 22.4 Å². The van der Waals surface area contributed by atoms with Gasteiger partial charge in [-0.25, -0.2) is 4.79 Å². The summed E-state index contributed by atoms with van der Waals surface area (Å²) in [4.78, 5) is 12.7. The number of hydrogen-bond acceptors (Lipinski definition) is 5. The van der Waals surface area contributed by atoms with Crippen LogP contribution < -0.4 is 5.63 Å². The van der Waals surface area contributed by atoms with Crippen molar-refractivity contribution in [2.24, 2.45) is 0 Å². The number of allylic oxidation sites excluding steroid dienone is 1. The quantitative estimate of drug-likeness (QED) is 0.386. The summed E-state index contributed by atoms with van der Waals surface area (Å²) in [6, 6.07) is 22.1. The maximum Gasteiger partial charge on any atom is 0.348 e.